The van der Waals surface area contributed by atoms with Crippen LogP contribution in [0.25, 0.3) is 0 Å². The lowest BCUT2D eigenvalue weighted by Crippen LogP contribution is -2.66. The Morgan fingerprint density at radius 3 is 2.20 bits per heavy atom. The Morgan fingerprint density at radius 2 is 1.57 bits per heavy atom. The summed E-state index contributed by atoms with van der Waals surface area (Å²) in [5, 5.41) is 38.6. The number of aliphatic carboxylic acids is 1. The van der Waals surface area contributed by atoms with Crippen molar-refractivity contribution < 1.29 is 58.2 Å². The zero-order chi connectivity index (χ0) is 47.6. The maximum Gasteiger partial charge on any atom is 0.309 e. The molecule has 6 heterocycles. The summed E-state index contributed by atoms with van der Waals surface area (Å²) >= 11 is 0. The van der Waals surface area contributed by atoms with Crippen molar-refractivity contribution in [3.05, 3.63) is 42.2 Å². The van der Waals surface area contributed by atoms with E-state index in [2.05, 4.69) is 29.5 Å². The van der Waals surface area contributed by atoms with Crippen molar-refractivity contribution in [3.8, 4) is 0 Å². The molecule has 6 rings (SSSR count). The van der Waals surface area contributed by atoms with Gasteiger partial charge in [-0.3, -0.25) is 24.2 Å². The standard InChI is InChI=1S/C50H77N3O12/c1-11-35(46(58)59)37-15-14-28(4)42(62-37)32(8)40(54)31(7)41(55)36(12-2)43-29(5)26-30(6)49(63-43)21-16-38(53-45(57)44(56)52-27-34-18-24-51-25-19-34)50(65-49)23-22-47(10,64-50)39-17-20-48(60,13-3)33(9)61-39/h16,18-19,21,24-25,28-33,35-40,42-43,54,60H,11-15,17,20,22-23,26-27H2,1-10H3,(H,52,56)(H,53,57)(H,58,59)/t28-,29-,30+,31-,32-,33-,35+,36-,37+,38+,39+,40+,42+,43-,47-,48+,49-,50-/m0/s1. The number of carbonyl (C=O) groups excluding carboxylic acids is 3. The van der Waals surface area contributed by atoms with Crippen LogP contribution in [0.5, 0.6) is 0 Å². The SMILES string of the molecule is CC[C@@H](C(=O)[C@@H](C)[C@@H](O)[C@H](C)[C@@H]1O[C@@H]([C@@H](CC)C(=O)O)CC[C@@H]1C)[C@H]1O[C@]2(C=C[C@@H](NC(=O)C(=O)NCc3ccncc3)[C@]3(CC[C@@](C)([C@H]4CC[C@](O)(CC)[C@H](C)O4)O3)O2)[C@H](C)C[C@@H]1C. The summed E-state index contributed by atoms with van der Waals surface area (Å²) in [4.78, 5) is 57.6. The molecule has 5 aliphatic heterocycles. The van der Waals surface area contributed by atoms with E-state index in [4.69, 9.17) is 23.7 Å². The van der Waals surface area contributed by atoms with Gasteiger partial charge >= 0.3 is 17.8 Å². The number of carbonyl (C=O) groups is 4. The molecular formula is C50H77N3O12. The van der Waals surface area contributed by atoms with E-state index >= 15 is 0 Å². The van der Waals surface area contributed by atoms with Gasteiger partial charge in [0, 0.05) is 49.0 Å². The maximum atomic E-state index is 14.7. The molecule has 18 atom stereocenters. The van der Waals surface area contributed by atoms with Gasteiger partial charge in [0.15, 0.2) is 11.6 Å². The lowest BCUT2D eigenvalue weighted by molar-refractivity contribution is -0.398. The third-order valence-corrected chi connectivity index (χ3v) is 16.2. The zero-order valence-electron chi connectivity index (χ0n) is 40.3. The van der Waals surface area contributed by atoms with Crippen LogP contribution in [0.4, 0.5) is 0 Å². The second kappa shape index (κ2) is 20.5. The van der Waals surface area contributed by atoms with Gasteiger partial charge in [0.25, 0.3) is 0 Å². The number of nitrogens with zero attached hydrogens (tertiary/aromatic N) is 1. The molecule has 0 unspecified atom stereocenters. The third kappa shape index (κ3) is 10.4. The number of amides is 2. The molecule has 0 aliphatic carbocycles. The van der Waals surface area contributed by atoms with E-state index in [-0.39, 0.29) is 30.1 Å². The number of ketones is 1. The summed E-state index contributed by atoms with van der Waals surface area (Å²) in [6.45, 7) is 19.5. The molecule has 5 N–H and O–H groups in total. The van der Waals surface area contributed by atoms with Crippen molar-refractivity contribution in [2.24, 2.45) is 41.4 Å². The average Bonchev–Trinajstić information content (AvgIpc) is 3.63. The second-order valence-electron chi connectivity index (χ2n) is 20.5. The summed E-state index contributed by atoms with van der Waals surface area (Å²) in [5.74, 6) is -8.32. The predicted octanol–water partition coefficient (Wildman–Crippen LogP) is 6.02. The van der Waals surface area contributed by atoms with Gasteiger partial charge in [-0.1, -0.05) is 61.5 Å². The number of carboxylic acid groups (broad SMARTS) is 1. The Kier molecular flexibility index (Phi) is 16.1. The fourth-order valence-electron chi connectivity index (χ4n) is 11.6. The molecule has 0 aromatic carbocycles. The van der Waals surface area contributed by atoms with Crippen molar-refractivity contribution >= 4 is 23.6 Å². The van der Waals surface area contributed by atoms with E-state index < -0.39 is 107 Å². The summed E-state index contributed by atoms with van der Waals surface area (Å²) < 4.78 is 34.4. The van der Waals surface area contributed by atoms with E-state index in [1.165, 1.54) is 0 Å². The molecule has 4 saturated heterocycles. The van der Waals surface area contributed by atoms with Gasteiger partial charge in [-0.05, 0) is 107 Å². The molecule has 4 fully saturated rings. The Balaban J connectivity index is 1.24. The highest BCUT2D eigenvalue weighted by molar-refractivity contribution is 6.35. The first kappa shape index (κ1) is 51.1. The average molecular weight is 912 g/mol. The monoisotopic (exact) mass is 912 g/mol. The van der Waals surface area contributed by atoms with Crippen LogP contribution >= 0.6 is 0 Å². The molecular weight excluding hydrogens is 835 g/mol. The summed E-state index contributed by atoms with van der Waals surface area (Å²) in [6, 6.07) is 2.59. The quantitative estimate of drug-likeness (QED) is 0.101. The molecule has 65 heavy (non-hydrogen) atoms. The van der Waals surface area contributed by atoms with Gasteiger partial charge in [-0.15, -0.1) is 0 Å². The molecule has 0 saturated carbocycles. The van der Waals surface area contributed by atoms with Gasteiger partial charge in [0.1, 0.15) is 11.8 Å². The van der Waals surface area contributed by atoms with Crippen LogP contribution < -0.4 is 10.6 Å². The maximum absolute atomic E-state index is 14.7. The number of nitrogens with one attached hydrogen (secondary N) is 2. The van der Waals surface area contributed by atoms with Gasteiger partial charge in [-0.25, -0.2) is 0 Å². The molecule has 2 spiro atoms. The number of ether oxygens (including phenoxy) is 5. The van der Waals surface area contributed by atoms with Crippen LogP contribution in [0.2, 0.25) is 0 Å². The Hall–Kier alpha value is -3.31. The summed E-state index contributed by atoms with van der Waals surface area (Å²) in [7, 11) is 0. The minimum absolute atomic E-state index is 0.0689. The fourth-order valence-corrected chi connectivity index (χ4v) is 11.6. The van der Waals surface area contributed by atoms with Gasteiger partial charge in [-0.2, -0.15) is 0 Å². The highest BCUT2D eigenvalue weighted by Gasteiger charge is 2.63. The molecule has 15 nitrogen and oxygen atoms in total. The lowest BCUT2D eigenvalue weighted by Gasteiger charge is -2.55. The number of aromatic nitrogens is 1. The van der Waals surface area contributed by atoms with Gasteiger partial charge in [0.05, 0.1) is 53.7 Å². The van der Waals surface area contributed by atoms with E-state index in [9.17, 15) is 34.5 Å². The molecule has 5 aliphatic rings. The van der Waals surface area contributed by atoms with E-state index in [0.717, 1.165) is 12.0 Å². The molecule has 2 amide bonds. The largest absolute Gasteiger partial charge is 0.481 e. The second-order valence-corrected chi connectivity index (χ2v) is 20.5. The topological polar surface area (TPSA) is 212 Å². The fraction of sp³-hybridized carbons (Fsp3) is 0.780. The first-order chi connectivity index (χ1) is 30.7. The van der Waals surface area contributed by atoms with Gasteiger partial charge < -0.3 is 49.6 Å². The Bertz CT molecular complexity index is 1870. The highest BCUT2D eigenvalue weighted by Crippen LogP contribution is 2.54. The van der Waals surface area contributed by atoms with Crippen LogP contribution in [-0.2, 0) is 49.4 Å². The summed E-state index contributed by atoms with van der Waals surface area (Å²) in [5.41, 5.74) is -1.08. The number of hydrogen-bond donors (Lipinski definition) is 5. The molecule has 15 heteroatoms. The number of carboxylic acids is 1. The number of rotatable bonds is 15. The van der Waals surface area contributed by atoms with Crippen LogP contribution in [0, 0.1) is 41.4 Å². The van der Waals surface area contributed by atoms with Crippen molar-refractivity contribution in [2.75, 3.05) is 0 Å². The number of pyridine rings is 1. The van der Waals surface area contributed by atoms with E-state index in [1.807, 2.05) is 48.5 Å². The first-order valence-electron chi connectivity index (χ1n) is 24.4. The van der Waals surface area contributed by atoms with Crippen LogP contribution in [-0.4, -0.2) is 109 Å². The molecule has 1 aromatic rings. The number of aliphatic hydroxyl groups excluding tert-OH is 1. The predicted molar refractivity (Wildman–Crippen MR) is 241 cm³/mol. The minimum atomic E-state index is -1.51. The molecule has 0 bridgehead atoms. The van der Waals surface area contributed by atoms with Crippen molar-refractivity contribution in [3.63, 3.8) is 0 Å². The smallest absolute Gasteiger partial charge is 0.309 e. The first-order valence-corrected chi connectivity index (χ1v) is 24.4. The Labute approximate surface area is 385 Å². The number of aliphatic hydroxyl groups is 2. The zero-order valence-corrected chi connectivity index (χ0v) is 40.3. The lowest BCUT2D eigenvalue weighted by atomic mass is 9.72. The number of hydrogen-bond acceptors (Lipinski definition) is 12. The molecule has 1 aromatic heterocycles. The molecule has 364 valence electrons. The van der Waals surface area contributed by atoms with Crippen molar-refractivity contribution in [1.29, 1.82) is 0 Å². The molecule has 0 radical (unpaired) electrons. The minimum Gasteiger partial charge on any atom is -0.481 e. The van der Waals surface area contributed by atoms with Crippen LogP contribution in [0.1, 0.15) is 139 Å². The van der Waals surface area contributed by atoms with Crippen molar-refractivity contribution in [1.82, 2.24) is 15.6 Å². The van der Waals surface area contributed by atoms with Crippen molar-refractivity contribution in [2.45, 2.75) is 205 Å². The Morgan fingerprint density at radius 1 is 0.877 bits per heavy atom. The van der Waals surface area contributed by atoms with Gasteiger partial charge in [0.2, 0.25) is 0 Å². The van der Waals surface area contributed by atoms with Crippen LogP contribution in [0.3, 0.4) is 0 Å². The van der Waals surface area contributed by atoms with Crippen LogP contribution in [0.15, 0.2) is 36.7 Å². The van der Waals surface area contributed by atoms with E-state index in [0.29, 0.717) is 57.8 Å². The summed E-state index contributed by atoms with van der Waals surface area (Å²) in [6.07, 6.45) is 8.71. The number of Topliss-reactive ketones (excluding diaryl/α,β-unsaturated/α-hetero) is 1. The highest BCUT2D eigenvalue weighted by atomic mass is 16.8. The normalized spacial score (nSPS) is 39.5. The third-order valence-electron chi connectivity index (χ3n) is 16.2. The van der Waals surface area contributed by atoms with E-state index in [1.54, 1.807) is 43.6 Å².